The molecule has 0 bridgehead atoms. The molecule has 1 heterocycles. The van der Waals surface area contributed by atoms with Gasteiger partial charge in [-0.2, -0.15) is 0 Å². The molecule has 0 atom stereocenters. The molecule has 1 N–H and O–H groups in total. The molecular weight excluding hydrogens is 380 g/mol. The number of halogens is 1. The number of amides is 2. The van der Waals surface area contributed by atoms with Crippen molar-refractivity contribution in [1.29, 1.82) is 0 Å². The zero-order valence-corrected chi connectivity index (χ0v) is 17.1. The Morgan fingerprint density at radius 3 is 2.50 bits per heavy atom. The van der Waals surface area contributed by atoms with Crippen molar-refractivity contribution in [2.24, 2.45) is 5.41 Å². The summed E-state index contributed by atoms with van der Waals surface area (Å²) in [4.78, 5) is 26.3. The van der Waals surface area contributed by atoms with E-state index in [1.807, 2.05) is 20.8 Å². The Bertz CT molecular complexity index is 838. The maximum Gasteiger partial charge on any atom is 0.247 e. The van der Waals surface area contributed by atoms with Crippen molar-refractivity contribution in [2.75, 3.05) is 6.54 Å². The van der Waals surface area contributed by atoms with Crippen LogP contribution in [-0.4, -0.2) is 39.5 Å². The molecule has 1 aliphatic rings. The molecule has 1 aromatic heterocycles. The van der Waals surface area contributed by atoms with Gasteiger partial charge in [-0.25, -0.2) is 0 Å². The number of nitrogens with one attached hydrogen (secondary N) is 1. The molecular formula is C20H25ClN4O3. The van der Waals surface area contributed by atoms with Crippen molar-refractivity contribution in [3.05, 3.63) is 35.2 Å². The Kier molecular flexibility index (Phi) is 6.03. The normalized spacial score (nSPS) is 14.0. The Morgan fingerprint density at radius 1 is 1.21 bits per heavy atom. The lowest BCUT2D eigenvalue weighted by molar-refractivity contribution is -0.133. The summed E-state index contributed by atoms with van der Waals surface area (Å²) in [5.41, 5.74) is 0.304. The maximum absolute atomic E-state index is 12.6. The fourth-order valence-electron chi connectivity index (χ4n) is 2.67. The van der Waals surface area contributed by atoms with E-state index in [1.165, 1.54) is 0 Å². The predicted molar refractivity (Wildman–Crippen MR) is 105 cm³/mol. The number of aromatic nitrogens is 2. The lowest BCUT2D eigenvalue weighted by Gasteiger charge is -2.22. The third kappa shape index (κ3) is 5.32. The second-order valence-corrected chi connectivity index (χ2v) is 8.45. The van der Waals surface area contributed by atoms with Crippen LogP contribution in [0, 0.1) is 5.41 Å². The Morgan fingerprint density at radius 2 is 1.89 bits per heavy atom. The van der Waals surface area contributed by atoms with Crippen molar-refractivity contribution in [3.63, 3.8) is 0 Å². The highest BCUT2D eigenvalue weighted by atomic mass is 35.5. The molecule has 1 saturated carbocycles. The van der Waals surface area contributed by atoms with Gasteiger partial charge < -0.3 is 14.6 Å². The molecule has 2 aromatic rings. The van der Waals surface area contributed by atoms with Crippen molar-refractivity contribution in [2.45, 2.75) is 52.6 Å². The number of hydrogen-bond donors (Lipinski definition) is 1. The van der Waals surface area contributed by atoms with Crippen LogP contribution >= 0.6 is 11.6 Å². The van der Waals surface area contributed by atoms with Crippen LogP contribution in [0.5, 0.6) is 0 Å². The molecule has 28 heavy (non-hydrogen) atoms. The molecule has 1 aliphatic carbocycles. The second kappa shape index (κ2) is 8.31. The van der Waals surface area contributed by atoms with Crippen LogP contribution in [0.1, 0.15) is 45.9 Å². The average Bonchev–Trinajstić information content (AvgIpc) is 3.37. The van der Waals surface area contributed by atoms with E-state index in [0.717, 1.165) is 18.4 Å². The molecule has 0 unspecified atom stereocenters. The first-order chi connectivity index (χ1) is 13.2. The lowest BCUT2D eigenvalue weighted by Crippen LogP contribution is -2.39. The molecule has 7 nitrogen and oxygen atoms in total. The number of rotatable bonds is 7. The van der Waals surface area contributed by atoms with Crippen molar-refractivity contribution < 1.29 is 14.0 Å². The predicted octanol–water partition coefficient (Wildman–Crippen LogP) is 3.43. The number of carbonyl (C=O) groups is 2. The topological polar surface area (TPSA) is 88.3 Å². The van der Waals surface area contributed by atoms with Crippen LogP contribution in [0.4, 0.5) is 0 Å². The number of benzene rings is 1. The van der Waals surface area contributed by atoms with Gasteiger partial charge in [0.05, 0.1) is 6.54 Å². The van der Waals surface area contributed by atoms with Gasteiger partial charge in [-0.1, -0.05) is 32.4 Å². The molecule has 8 heteroatoms. The van der Waals surface area contributed by atoms with Gasteiger partial charge in [-0.05, 0) is 37.1 Å². The van der Waals surface area contributed by atoms with E-state index in [4.69, 9.17) is 16.0 Å². The van der Waals surface area contributed by atoms with Crippen LogP contribution in [0.25, 0.3) is 11.5 Å². The second-order valence-electron chi connectivity index (χ2n) is 8.02. The van der Waals surface area contributed by atoms with Gasteiger partial charge in [0.25, 0.3) is 0 Å². The Labute approximate surface area is 169 Å². The molecule has 0 saturated heterocycles. The summed E-state index contributed by atoms with van der Waals surface area (Å²) < 4.78 is 5.73. The highest BCUT2D eigenvalue weighted by molar-refractivity contribution is 6.30. The monoisotopic (exact) mass is 404 g/mol. The largest absolute Gasteiger partial charge is 0.419 e. The number of nitrogens with zero attached hydrogens (tertiary/aromatic N) is 3. The Balaban J connectivity index is 1.58. The third-order valence-electron chi connectivity index (χ3n) is 4.48. The summed E-state index contributed by atoms with van der Waals surface area (Å²) in [6, 6.07) is 7.33. The lowest BCUT2D eigenvalue weighted by atomic mass is 9.96. The first kappa shape index (κ1) is 20.3. The van der Waals surface area contributed by atoms with Crippen LogP contribution in [0.15, 0.2) is 28.7 Å². The smallest absolute Gasteiger partial charge is 0.247 e. The van der Waals surface area contributed by atoms with Gasteiger partial charge in [-0.15, -0.1) is 10.2 Å². The zero-order valence-electron chi connectivity index (χ0n) is 16.4. The average molecular weight is 405 g/mol. The molecule has 0 aliphatic heterocycles. The van der Waals surface area contributed by atoms with E-state index in [9.17, 15) is 9.59 Å². The minimum atomic E-state index is -0.471. The minimum Gasteiger partial charge on any atom is -0.419 e. The third-order valence-corrected chi connectivity index (χ3v) is 4.73. The minimum absolute atomic E-state index is 0.0250. The summed E-state index contributed by atoms with van der Waals surface area (Å²) in [5, 5.41) is 11.6. The molecule has 150 valence electrons. The van der Waals surface area contributed by atoms with Crippen molar-refractivity contribution in [3.8, 4) is 11.5 Å². The van der Waals surface area contributed by atoms with Crippen molar-refractivity contribution >= 4 is 23.4 Å². The van der Waals surface area contributed by atoms with Gasteiger partial charge in [-0.3, -0.25) is 9.59 Å². The van der Waals surface area contributed by atoms with E-state index in [0.29, 0.717) is 23.3 Å². The van der Waals surface area contributed by atoms with Gasteiger partial charge in [0.1, 0.15) is 0 Å². The van der Waals surface area contributed by atoms with Crippen molar-refractivity contribution in [1.82, 2.24) is 20.4 Å². The molecule has 1 aromatic carbocycles. The summed E-state index contributed by atoms with van der Waals surface area (Å²) in [7, 11) is 0. The molecule has 1 fully saturated rings. The van der Waals surface area contributed by atoms with E-state index in [1.54, 1.807) is 29.2 Å². The summed E-state index contributed by atoms with van der Waals surface area (Å²) in [5.74, 6) is 0.696. The molecule has 0 radical (unpaired) electrons. The maximum atomic E-state index is 12.6. The van der Waals surface area contributed by atoms with Gasteiger partial charge >= 0.3 is 0 Å². The summed E-state index contributed by atoms with van der Waals surface area (Å²) >= 11 is 5.90. The summed E-state index contributed by atoms with van der Waals surface area (Å²) in [6.07, 6.45) is 2.19. The van der Waals surface area contributed by atoms with Crippen LogP contribution < -0.4 is 5.32 Å². The first-order valence-corrected chi connectivity index (χ1v) is 9.78. The quantitative estimate of drug-likeness (QED) is 0.763. The highest BCUT2D eigenvalue weighted by Crippen LogP contribution is 2.29. The fourth-order valence-corrected chi connectivity index (χ4v) is 2.80. The SMILES string of the molecule is CC(C)(C)C(=O)NCCC(=O)N(Cc1nnc(-c2ccc(Cl)cc2)o1)C1CC1. The van der Waals surface area contributed by atoms with Crippen LogP contribution in [-0.2, 0) is 16.1 Å². The van der Waals surface area contributed by atoms with Gasteiger partial charge in [0.15, 0.2) is 0 Å². The van der Waals surface area contributed by atoms with Gasteiger partial charge in [0.2, 0.25) is 23.6 Å². The van der Waals surface area contributed by atoms with E-state index in [-0.39, 0.29) is 30.8 Å². The van der Waals surface area contributed by atoms with E-state index in [2.05, 4.69) is 15.5 Å². The summed E-state index contributed by atoms with van der Waals surface area (Å²) in [6.45, 7) is 6.12. The van der Waals surface area contributed by atoms with Crippen LogP contribution in [0.2, 0.25) is 5.02 Å². The standard InChI is InChI=1S/C20H25ClN4O3/c1-20(2,3)19(27)22-11-10-17(26)25(15-8-9-15)12-16-23-24-18(28-16)13-4-6-14(21)7-5-13/h4-7,15H,8-12H2,1-3H3,(H,22,27). The first-order valence-electron chi connectivity index (χ1n) is 9.40. The fraction of sp³-hybridized carbons (Fsp3) is 0.500. The zero-order chi connectivity index (χ0) is 20.3. The van der Waals surface area contributed by atoms with E-state index < -0.39 is 5.41 Å². The molecule has 2 amide bonds. The Hall–Kier alpha value is -2.41. The van der Waals surface area contributed by atoms with Crippen LogP contribution in [0.3, 0.4) is 0 Å². The number of hydrogen-bond acceptors (Lipinski definition) is 5. The van der Waals surface area contributed by atoms with E-state index >= 15 is 0 Å². The highest BCUT2D eigenvalue weighted by Gasteiger charge is 2.33. The molecule has 3 rings (SSSR count). The number of carbonyl (C=O) groups excluding carboxylic acids is 2. The van der Waals surface area contributed by atoms with Gasteiger partial charge in [0, 0.05) is 35.0 Å². The molecule has 0 spiro atoms.